The van der Waals surface area contributed by atoms with E-state index >= 15 is 0 Å². The molecule has 0 aromatic heterocycles. The van der Waals surface area contributed by atoms with Crippen molar-refractivity contribution >= 4 is 17.7 Å². The van der Waals surface area contributed by atoms with E-state index in [4.69, 9.17) is 5.11 Å². The first-order chi connectivity index (χ1) is 6.29. The third kappa shape index (κ3) is 2.86. The van der Waals surface area contributed by atoms with Gasteiger partial charge in [0.05, 0.1) is 6.73 Å². The van der Waals surface area contributed by atoms with Crippen LogP contribution in [0.25, 0.3) is 0 Å². The second-order valence-corrected chi connectivity index (χ2v) is 3.95. The maximum atomic E-state index is 11.7. The average Bonchev–Trinajstić information content (AvgIpc) is 2.65. The minimum absolute atomic E-state index is 0.0963. The number of nitrogens with one attached hydrogen (secondary N) is 1. The van der Waals surface area contributed by atoms with Gasteiger partial charge in [-0.3, -0.25) is 10.1 Å². The first-order valence-corrected chi connectivity index (χ1v) is 5.74. The number of nitrogens with zero attached hydrogens (tertiary/aromatic N) is 1. The van der Waals surface area contributed by atoms with Gasteiger partial charge < -0.3 is 10.0 Å². The average molecular weight is 204 g/mol. The van der Waals surface area contributed by atoms with Crippen LogP contribution in [-0.2, 0) is 4.79 Å². The summed E-state index contributed by atoms with van der Waals surface area (Å²) in [7, 11) is 0. The van der Waals surface area contributed by atoms with Crippen LogP contribution in [0.15, 0.2) is 0 Å². The molecule has 13 heavy (non-hydrogen) atoms. The van der Waals surface area contributed by atoms with Gasteiger partial charge in [0.15, 0.2) is 0 Å². The minimum Gasteiger partial charge on any atom is -0.381 e. The van der Waals surface area contributed by atoms with Crippen LogP contribution in [-0.4, -0.2) is 47.4 Å². The normalized spacial score (nSPS) is 19.1. The molecule has 0 aromatic carbocycles. The summed E-state index contributed by atoms with van der Waals surface area (Å²) in [5, 5.41) is 11.1. The van der Waals surface area contributed by atoms with Crippen molar-refractivity contribution in [3.8, 4) is 0 Å². The van der Waals surface area contributed by atoms with E-state index in [9.17, 15) is 4.79 Å². The van der Waals surface area contributed by atoms with Gasteiger partial charge in [0, 0.05) is 13.1 Å². The number of thioether (sulfide) groups is 1. The Balaban J connectivity index is 2.42. The van der Waals surface area contributed by atoms with Crippen LogP contribution in [0.4, 0.5) is 0 Å². The maximum absolute atomic E-state index is 11.7. The van der Waals surface area contributed by atoms with Crippen molar-refractivity contribution in [1.82, 2.24) is 10.2 Å². The van der Waals surface area contributed by atoms with E-state index in [1.54, 1.807) is 0 Å². The smallest absolute Gasteiger partial charge is 0.250 e. The zero-order valence-corrected chi connectivity index (χ0v) is 8.64. The van der Waals surface area contributed by atoms with Gasteiger partial charge in [0.25, 0.3) is 0 Å². The summed E-state index contributed by atoms with van der Waals surface area (Å²) < 4.78 is 0. The third-order valence-corrected chi connectivity index (χ3v) is 2.99. The monoisotopic (exact) mass is 204 g/mol. The van der Waals surface area contributed by atoms with E-state index in [1.807, 2.05) is 11.2 Å². The summed E-state index contributed by atoms with van der Waals surface area (Å²) in [4.78, 5) is 13.5. The molecule has 0 aromatic rings. The van der Waals surface area contributed by atoms with Crippen molar-refractivity contribution in [3.63, 3.8) is 0 Å². The number of carbonyl (C=O) groups excluding carboxylic acids is 1. The molecular weight excluding hydrogens is 188 g/mol. The van der Waals surface area contributed by atoms with E-state index in [2.05, 4.69) is 5.32 Å². The van der Waals surface area contributed by atoms with Crippen LogP contribution < -0.4 is 5.32 Å². The third-order valence-electron chi connectivity index (χ3n) is 2.15. The Kier molecular flexibility index (Phi) is 4.55. The fourth-order valence-corrected chi connectivity index (χ4v) is 2.05. The van der Waals surface area contributed by atoms with E-state index in [-0.39, 0.29) is 18.0 Å². The molecule has 1 amide bonds. The Bertz CT molecular complexity index is 172. The number of aliphatic hydroxyl groups is 1. The molecule has 1 rings (SSSR count). The molecule has 1 aliphatic heterocycles. The van der Waals surface area contributed by atoms with Crippen LogP contribution in [0.3, 0.4) is 0 Å². The molecule has 1 fully saturated rings. The Morgan fingerprint density at radius 1 is 1.62 bits per heavy atom. The van der Waals surface area contributed by atoms with Crippen molar-refractivity contribution in [3.05, 3.63) is 0 Å². The van der Waals surface area contributed by atoms with Gasteiger partial charge in [-0.15, -0.1) is 11.8 Å². The molecule has 0 saturated carbocycles. The summed E-state index contributed by atoms with van der Waals surface area (Å²) >= 11 is 1.43. The van der Waals surface area contributed by atoms with E-state index < -0.39 is 0 Å². The number of likely N-dealkylation sites (tertiary alicyclic amines) is 1. The Morgan fingerprint density at radius 3 is 2.69 bits per heavy atom. The van der Waals surface area contributed by atoms with Gasteiger partial charge in [-0.2, -0.15) is 0 Å². The zero-order valence-electron chi connectivity index (χ0n) is 7.82. The molecular formula is C8H16N2O2S. The molecule has 5 heteroatoms. The maximum Gasteiger partial charge on any atom is 0.250 e. The lowest BCUT2D eigenvalue weighted by molar-refractivity contribution is -0.130. The lowest BCUT2D eigenvalue weighted by Crippen LogP contribution is -2.43. The van der Waals surface area contributed by atoms with E-state index in [1.165, 1.54) is 11.8 Å². The summed E-state index contributed by atoms with van der Waals surface area (Å²) in [6, 6.07) is 0. The van der Waals surface area contributed by atoms with Gasteiger partial charge in [0.2, 0.25) is 5.91 Å². The van der Waals surface area contributed by atoms with Crippen LogP contribution in [0.2, 0.25) is 0 Å². The van der Waals surface area contributed by atoms with Gasteiger partial charge in [-0.25, -0.2) is 0 Å². The highest BCUT2D eigenvalue weighted by Crippen LogP contribution is 2.13. The molecule has 1 saturated heterocycles. The lowest BCUT2D eigenvalue weighted by atomic mass is 10.4. The van der Waals surface area contributed by atoms with Gasteiger partial charge in [0.1, 0.15) is 5.37 Å². The molecule has 1 heterocycles. The van der Waals surface area contributed by atoms with Crippen molar-refractivity contribution < 1.29 is 9.90 Å². The molecule has 0 aliphatic carbocycles. The molecule has 0 spiro atoms. The van der Waals surface area contributed by atoms with Gasteiger partial charge in [-0.05, 0) is 19.1 Å². The van der Waals surface area contributed by atoms with Crippen molar-refractivity contribution in [1.29, 1.82) is 0 Å². The van der Waals surface area contributed by atoms with Gasteiger partial charge in [-0.1, -0.05) is 0 Å². The number of hydrogen-bond donors (Lipinski definition) is 2. The van der Waals surface area contributed by atoms with Crippen molar-refractivity contribution in [2.24, 2.45) is 0 Å². The van der Waals surface area contributed by atoms with E-state index in [0.29, 0.717) is 0 Å². The predicted molar refractivity (Wildman–Crippen MR) is 53.3 cm³/mol. The largest absolute Gasteiger partial charge is 0.381 e. The fourth-order valence-electron chi connectivity index (χ4n) is 1.46. The molecule has 0 bridgehead atoms. The summed E-state index contributed by atoms with van der Waals surface area (Å²) in [5.74, 6) is 0.0963. The first-order valence-electron chi connectivity index (χ1n) is 4.45. The first kappa shape index (κ1) is 10.8. The minimum atomic E-state index is -0.289. The Labute approximate surface area is 82.7 Å². The quantitative estimate of drug-likeness (QED) is 0.625. The molecule has 1 aliphatic rings. The highest BCUT2D eigenvalue weighted by atomic mass is 32.2. The molecule has 76 valence electrons. The topological polar surface area (TPSA) is 52.6 Å². The number of carbonyl (C=O) groups is 1. The fraction of sp³-hybridized carbons (Fsp3) is 0.875. The number of hydrogen-bond acceptors (Lipinski definition) is 4. The standard InChI is InChI=1S/C8H16N2O2S/c1-13-7(9-6-11)8(12)10-4-2-3-5-10/h7,9,11H,2-6H2,1H3. The second kappa shape index (κ2) is 5.47. The predicted octanol–water partition coefficient (Wildman–Crippen LogP) is -0.163. The highest BCUT2D eigenvalue weighted by molar-refractivity contribution is 7.99. The molecule has 2 N–H and O–H groups in total. The Morgan fingerprint density at radius 2 is 2.23 bits per heavy atom. The summed E-state index contributed by atoms with van der Waals surface area (Å²) in [6.45, 7) is 1.58. The number of amides is 1. The van der Waals surface area contributed by atoms with Crippen LogP contribution in [0.1, 0.15) is 12.8 Å². The number of aliphatic hydroxyl groups excluding tert-OH is 1. The summed E-state index contributed by atoms with van der Waals surface area (Å²) in [5.41, 5.74) is 0. The second-order valence-electron chi connectivity index (χ2n) is 3.01. The van der Waals surface area contributed by atoms with Crippen molar-refractivity contribution in [2.45, 2.75) is 18.2 Å². The van der Waals surface area contributed by atoms with Crippen LogP contribution in [0.5, 0.6) is 0 Å². The molecule has 0 radical (unpaired) electrons. The lowest BCUT2D eigenvalue weighted by Gasteiger charge is -2.21. The summed E-state index contributed by atoms with van der Waals surface area (Å²) in [6.07, 6.45) is 4.07. The van der Waals surface area contributed by atoms with E-state index in [0.717, 1.165) is 25.9 Å². The van der Waals surface area contributed by atoms with Crippen LogP contribution >= 0.6 is 11.8 Å². The highest BCUT2D eigenvalue weighted by Gasteiger charge is 2.24. The Hall–Kier alpha value is -0.260. The SMILES string of the molecule is CSC(NCO)C(=O)N1CCCC1. The number of rotatable bonds is 4. The van der Waals surface area contributed by atoms with Gasteiger partial charge >= 0.3 is 0 Å². The van der Waals surface area contributed by atoms with Crippen molar-refractivity contribution in [2.75, 3.05) is 26.1 Å². The molecule has 1 unspecified atom stereocenters. The van der Waals surface area contributed by atoms with Crippen LogP contribution in [0, 0.1) is 0 Å². The molecule has 1 atom stereocenters. The zero-order chi connectivity index (χ0) is 9.68. The molecule has 4 nitrogen and oxygen atoms in total.